The van der Waals surface area contributed by atoms with Gasteiger partial charge in [0.1, 0.15) is 6.10 Å². The van der Waals surface area contributed by atoms with Crippen molar-refractivity contribution in [3.05, 3.63) is 47.6 Å². The lowest BCUT2D eigenvalue weighted by atomic mass is 9.64. The van der Waals surface area contributed by atoms with Crippen molar-refractivity contribution in [2.24, 2.45) is 5.73 Å². The van der Waals surface area contributed by atoms with E-state index in [2.05, 4.69) is 22.3 Å². The number of rotatable bonds is 4. The molecule has 0 unspecified atom stereocenters. The highest BCUT2D eigenvalue weighted by Crippen LogP contribution is 2.47. The molecule has 3 rings (SSSR count). The highest BCUT2D eigenvalue weighted by atomic mass is 16.5. The van der Waals surface area contributed by atoms with Crippen LogP contribution in [0.2, 0.25) is 0 Å². The lowest BCUT2D eigenvalue weighted by Crippen LogP contribution is -2.36. The average Bonchev–Trinajstić information content (AvgIpc) is 2.88. The maximum atomic E-state index is 9.65. The fourth-order valence-electron chi connectivity index (χ4n) is 2.59. The van der Waals surface area contributed by atoms with Gasteiger partial charge in [-0.15, -0.1) is 0 Å². The van der Waals surface area contributed by atoms with E-state index < -0.39 is 6.10 Å². The molecule has 0 bridgehead atoms. The Hall–Kier alpha value is -1.72. The number of aliphatic hydroxyl groups is 1. The lowest BCUT2D eigenvalue weighted by molar-refractivity contribution is 0.141. The molecule has 1 aliphatic carbocycles. The number of nitrogens with two attached hydrogens (primary N) is 1. The van der Waals surface area contributed by atoms with Crippen LogP contribution in [0.1, 0.15) is 42.6 Å². The van der Waals surface area contributed by atoms with Gasteiger partial charge in [0.05, 0.1) is 5.41 Å². The molecule has 5 heteroatoms. The minimum Gasteiger partial charge on any atom is -0.382 e. The quantitative estimate of drug-likeness (QED) is 0.869. The molecule has 0 aliphatic heterocycles. The van der Waals surface area contributed by atoms with Crippen LogP contribution < -0.4 is 5.73 Å². The molecule has 3 N–H and O–H groups in total. The van der Waals surface area contributed by atoms with Gasteiger partial charge in [-0.2, -0.15) is 4.98 Å². The first-order valence-electron chi connectivity index (χ1n) is 6.54. The van der Waals surface area contributed by atoms with Crippen LogP contribution in [-0.2, 0) is 5.41 Å². The van der Waals surface area contributed by atoms with Crippen LogP contribution in [0, 0.1) is 0 Å². The van der Waals surface area contributed by atoms with Gasteiger partial charge in [-0.1, -0.05) is 41.9 Å². The molecule has 0 amide bonds. The summed E-state index contributed by atoms with van der Waals surface area (Å²) in [5.41, 5.74) is 6.45. The molecular formula is C14H17N3O2. The highest BCUT2D eigenvalue weighted by Gasteiger charge is 2.44. The Morgan fingerprint density at radius 3 is 2.63 bits per heavy atom. The van der Waals surface area contributed by atoms with Crippen molar-refractivity contribution in [1.29, 1.82) is 0 Å². The van der Waals surface area contributed by atoms with E-state index in [0.29, 0.717) is 5.82 Å². The average molecular weight is 259 g/mol. The molecule has 1 aliphatic rings. The van der Waals surface area contributed by atoms with Gasteiger partial charge in [-0.3, -0.25) is 0 Å². The number of hydrogen-bond acceptors (Lipinski definition) is 5. The number of aliphatic hydroxyl groups excluding tert-OH is 1. The summed E-state index contributed by atoms with van der Waals surface area (Å²) < 4.78 is 5.13. The fraction of sp³-hybridized carbons (Fsp3) is 0.429. The van der Waals surface area contributed by atoms with Crippen LogP contribution in [0.3, 0.4) is 0 Å². The molecule has 1 atom stereocenters. The van der Waals surface area contributed by atoms with Crippen molar-refractivity contribution < 1.29 is 9.63 Å². The van der Waals surface area contributed by atoms with E-state index in [9.17, 15) is 5.11 Å². The van der Waals surface area contributed by atoms with Crippen molar-refractivity contribution in [3.8, 4) is 0 Å². The molecule has 1 fully saturated rings. The maximum absolute atomic E-state index is 9.65. The number of aromatic nitrogens is 2. The summed E-state index contributed by atoms with van der Waals surface area (Å²) >= 11 is 0. The van der Waals surface area contributed by atoms with Gasteiger partial charge in [-0.25, -0.2) is 0 Å². The third-order valence-corrected chi connectivity index (χ3v) is 3.91. The second kappa shape index (κ2) is 4.75. The Morgan fingerprint density at radius 1 is 1.32 bits per heavy atom. The molecule has 1 saturated carbocycles. The molecular weight excluding hydrogens is 242 g/mol. The number of hydrogen-bond donors (Lipinski definition) is 2. The van der Waals surface area contributed by atoms with Crippen molar-refractivity contribution in [2.75, 3.05) is 6.54 Å². The monoisotopic (exact) mass is 259 g/mol. The van der Waals surface area contributed by atoms with Crippen molar-refractivity contribution >= 4 is 0 Å². The number of nitrogens with zero attached hydrogens (tertiary/aromatic N) is 2. The summed E-state index contributed by atoms with van der Waals surface area (Å²) in [5.74, 6) is 0.868. The summed E-state index contributed by atoms with van der Waals surface area (Å²) in [5, 5.41) is 13.7. The first-order chi connectivity index (χ1) is 9.26. The molecule has 0 saturated heterocycles. The van der Waals surface area contributed by atoms with Crippen LogP contribution >= 0.6 is 0 Å². The zero-order valence-corrected chi connectivity index (χ0v) is 10.6. The van der Waals surface area contributed by atoms with Crippen LogP contribution in [-0.4, -0.2) is 21.8 Å². The van der Waals surface area contributed by atoms with Gasteiger partial charge in [0.25, 0.3) is 5.89 Å². The molecule has 0 spiro atoms. The fourth-order valence-corrected chi connectivity index (χ4v) is 2.59. The SMILES string of the molecule is NC[C@H](O)c1nc(C2(c3ccccc3)CCC2)no1. The first-order valence-corrected chi connectivity index (χ1v) is 6.54. The maximum Gasteiger partial charge on any atom is 0.256 e. The number of benzene rings is 1. The first kappa shape index (κ1) is 12.3. The van der Waals surface area contributed by atoms with E-state index in [1.54, 1.807) is 0 Å². The van der Waals surface area contributed by atoms with Gasteiger partial charge < -0.3 is 15.4 Å². The molecule has 1 aromatic heterocycles. The van der Waals surface area contributed by atoms with Crippen LogP contribution in [0.15, 0.2) is 34.9 Å². The van der Waals surface area contributed by atoms with Gasteiger partial charge in [0.2, 0.25) is 0 Å². The standard InChI is InChI=1S/C14H17N3O2/c15-9-11(18)12-16-13(17-19-12)14(7-4-8-14)10-5-2-1-3-6-10/h1-3,5-6,11,18H,4,7-9,15H2/t11-/m0/s1. The predicted octanol–water partition coefficient (Wildman–Crippen LogP) is 1.53. The minimum absolute atomic E-state index is 0.0833. The van der Waals surface area contributed by atoms with Gasteiger partial charge in [-0.05, 0) is 18.4 Å². The van der Waals surface area contributed by atoms with Crippen molar-refractivity contribution in [2.45, 2.75) is 30.8 Å². The second-order valence-electron chi connectivity index (χ2n) is 5.01. The van der Waals surface area contributed by atoms with E-state index in [-0.39, 0.29) is 17.9 Å². The Morgan fingerprint density at radius 2 is 2.05 bits per heavy atom. The lowest BCUT2D eigenvalue weighted by Gasteiger charge is -2.39. The third kappa shape index (κ3) is 1.95. The van der Waals surface area contributed by atoms with Crippen LogP contribution in [0.5, 0.6) is 0 Å². The van der Waals surface area contributed by atoms with Gasteiger partial charge >= 0.3 is 0 Å². The Kier molecular flexibility index (Phi) is 3.08. The molecule has 0 radical (unpaired) electrons. The second-order valence-corrected chi connectivity index (χ2v) is 5.01. The van der Waals surface area contributed by atoms with E-state index >= 15 is 0 Å². The molecule has 1 heterocycles. The summed E-state index contributed by atoms with van der Waals surface area (Å²) in [6.45, 7) is 0.0833. The Bertz CT molecular complexity index is 549. The van der Waals surface area contributed by atoms with E-state index in [4.69, 9.17) is 10.3 Å². The topological polar surface area (TPSA) is 85.2 Å². The molecule has 2 aromatic rings. The van der Waals surface area contributed by atoms with Gasteiger partial charge in [0.15, 0.2) is 5.82 Å². The van der Waals surface area contributed by atoms with Crippen molar-refractivity contribution in [3.63, 3.8) is 0 Å². The zero-order chi connectivity index (χ0) is 13.3. The molecule has 1 aromatic carbocycles. The summed E-state index contributed by atoms with van der Waals surface area (Å²) in [4.78, 5) is 4.34. The Balaban J connectivity index is 1.97. The molecule has 100 valence electrons. The Labute approximate surface area is 111 Å². The summed E-state index contributed by atoms with van der Waals surface area (Å²) in [6.07, 6.45) is 2.29. The largest absolute Gasteiger partial charge is 0.382 e. The summed E-state index contributed by atoms with van der Waals surface area (Å²) in [7, 11) is 0. The summed E-state index contributed by atoms with van der Waals surface area (Å²) in [6, 6.07) is 10.2. The smallest absolute Gasteiger partial charge is 0.256 e. The minimum atomic E-state index is -0.880. The van der Waals surface area contributed by atoms with Gasteiger partial charge in [0, 0.05) is 6.54 Å². The van der Waals surface area contributed by atoms with Crippen LogP contribution in [0.4, 0.5) is 0 Å². The van der Waals surface area contributed by atoms with E-state index in [1.165, 1.54) is 5.56 Å². The van der Waals surface area contributed by atoms with Crippen molar-refractivity contribution in [1.82, 2.24) is 10.1 Å². The zero-order valence-electron chi connectivity index (χ0n) is 10.6. The molecule has 5 nitrogen and oxygen atoms in total. The molecule has 19 heavy (non-hydrogen) atoms. The normalized spacial score (nSPS) is 18.8. The third-order valence-electron chi connectivity index (χ3n) is 3.91. The van der Waals surface area contributed by atoms with E-state index in [1.807, 2.05) is 18.2 Å². The van der Waals surface area contributed by atoms with Crippen LogP contribution in [0.25, 0.3) is 0 Å². The highest BCUT2D eigenvalue weighted by molar-refractivity contribution is 5.35. The van der Waals surface area contributed by atoms with E-state index in [0.717, 1.165) is 19.3 Å². The predicted molar refractivity (Wildman–Crippen MR) is 69.4 cm³/mol.